The van der Waals surface area contributed by atoms with Crippen LogP contribution in [0.2, 0.25) is 5.15 Å². The van der Waals surface area contributed by atoms with Gasteiger partial charge >= 0.3 is 0 Å². The van der Waals surface area contributed by atoms with E-state index in [1.807, 2.05) is 6.07 Å². The Balaban J connectivity index is 2.22. The summed E-state index contributed by atoms with van der Waals surface area (Å²) in [6.07, 6.45) is 3.43. The first-order valence-corrected chi connectivity index (χ1v) is 5.56. The van der Waals surface area contributed by atoms with Crippen molar-refractivity contribution in [2.24, 2.45) is 5.92 Å². The van der Waals surface area contributed by atoms with Gasteiger partial charge in [-0.1, -0.05) is 25.4 Å². The topological polar surface area (TPSA) is 25.8 Å². The molecule has 0 aliphatic heterocycles. The van der Waals surface area contributed by atoms with Crippen LogP contribution in [0, 0.1) is 5.92 Å². The zero-order valence-corrected chi connectivity index (χ0v) is 9.38. The van der Waals surface area contributed by atoms with Gasteiger partial charge in [0.05, 0.1) is 0 Å². The van der Waals surface area contributed by atoms with Gasteiger partial charge < -0.3 is 0 Å². The highest BCUT2D eigenvalue weighted by Gasteiger charge is 2.25. The summed E-state index contributed by atoms with van der Waals surface area (Å²) in [5, 5.41) is 0.595. The molecule has 1 aliphatic carbocycles. The first kappa shape index (κ1) is 9.91. The average molecular weight is 211 g/mol. The van der Waals surface area contributed by atoms with E-state index in [2.05, 4.69) is 23.8 Å². The normalized spacial score (nSPS) is 16.3. The number of halogens is 1. The Hall–Kier alpha value is -0.630. The summed E-state index contributed by atoms with van der Waals surface area (Å²) in [4.78, 5) is 8.78. The number of hydrogen-bond acceptors (Lipinski definition) is 2. The van der Waals surface area contributed by atoms with Gasteiger partial charge in [-0.2, -0.15) is 0 Å². The second kappa shape index (κ2) is 3.85. The molecule has 0 N–H and O–H groups in total. The molecule has 2 nitrogen and oxygen atoms in total. The Labute approximate surface area is 89.7 Å². The quantitative estimate of drug-likeness (QED) is 0.716. The molecule has 0 amide bonds. The molecule has 76 valence electrons. The largest absolute Gasteiger partial charge is 0.238 e. The molecule has 3 heteroatoms. The van der Waals surface area contributed by atoms with Crippen molar-refractivity contribution < 1.29 is 0 Å². The molecule has 0 saturated heterocycles. The maximum Gasteiger partial charge on any atom is 0.133 e. The highest BCUT2D eigenvalue weighted by molar-refractivity contribution is 6.29. The first-order valence-electron chi connectivity index (χ1n) is 5.18. The van der Waals surface area contributed by atoms with Crippen LogP contribution >= 0.6 is 11.6 Å². The highest BCUT2D eigenvalue weighted by Crippen LogP contribution is 2.39. The monoisotopic (exact) mass is 210 g/mol. The third-order valence-corrected chi connectivity index (χ3v) is 2.54. The molecule has 0 radical (unpaired) electrons. The Kier molecular flexibility index (Phi) is 2.73. The Morgan fingerprint density at radius 2 is 2.14 bits per heavy atom. The number of rotatable bonds is 3. The summed E-state index contributed by atoms with van der Waals surface area (Å²) >= 11 is 5.95. The molecular formula is C11H15ClN2. The maximum atomic E-state index is 5.95. The zero-order valence-electron chi connectivity index (χ0n) is 8.63. The molecule has 2 rings (SSSR count). The van der Waals surface area contributed by atoms with Gasteiger partial charge in [-0.05, 0) is 24.8 Å². The lowest BCUT2D eigenvalue weighted by molar-refractivity contribution is 0.617. The predicted molar refractivity (Wildman–Crippen MR) is 57.6 cm³/mol. The van der Waals surface area contributed by atoms with Crippen molar-refractivity contribution in [3.05, 3.63) is 22.7 Å². The molecule has 1 saturated carbocycles. The van der Waals surface area contributed by atoms with E-state index in [-0.39, 0.29) is 0 Å². The second-order valence-corrected chi connectivity index (χ2v) is 4.79. The highest BCUT2D eigenvalue weighted by atomic mass is 35.5. The molecule has 0 atom stereocenters. The lowest BCUT2D eigenvalue weighted by atomic mass is 10.1. The van der Waals surface area contributed by atoms with Crippen LogP contribution in [0.3, 0.4) is 0 Å². The molecular weight excluding hydrogens is 196 g/mol. The molecule has 1 aliphatic rings. The lowest BCUT2D eigenvalue weighted by Crippen LogP contribution is -2.03. The minimum Gasteiger partial charge on any atom is -0.238 e. The van der Waals surface area contributed by atoms with Crippen LogP contribution in [0.4, 0.5) is 0 Å². The van der Waals surface area contributed by atoms with Crippen LogP contribution in [0.1, 0.15) is 44.1 Å². The van der Waals surface area contributed by atoms with Gasteiger partial charge in [0.2, 0.25) is 0 Å². The molecule has 1 aromatic heterocycles. The fourth-order valence-corrected chi connectivity index (χ4v) is 1.74. The maximum absolute atomic E-state index is 5.95. The van der Waals surface area contributed by atoms with Crippen LogP contribution in [0.25, 0.3) is 0 Å². The number of aromatic nitrogens is 2. The van der Waals surface area contributed by atoms with Gasteiger partial charge in [-0.15, -0.1) is 0 Å². The van der Waals surface area contributed by atoms with Gasteiger partial charge in [0, 0.05) is 18.0 Å². The van der Waals surface area contributed by atoms with E-state index in [1.165, 1.54) is 12.8 Å². The summed E-state index contributed by atoms with van der Waals surface area (Å²) in [5.74, 6) is 2.14. The number of nitrogens with zero attached hydrogens (tertiary/aromatic N) is 2. The standard InChI is InChI=1S/C11H15ClN2/c1-7(2)5-11-13-9(8-3-4-8)6-10(12)14-11/h6-8H,3-5H2,1-2H3. The van der Waals surface area contributed by atoms with Gasteiger partial charge in [0.1, 0.15) is 11.0 Å². The first-order chi connectivity index (χ1) is 6.65. The van der Waals surface area contributed by atoms with E-state index in [9.17, 15) is 0 Å². The SMILES string of the molecule is CC(C)Cc1nc(Cl)cc(C2CC2)n1. The third kappa shape index (κ3) is 2.44. The molecule has 0 bridgehead atoms. The summed E-state index contributed by atoms with van der Waals surface area (Å²) in [7, 11) is 0. The van der Waals surface area contributed by atoms with E-state index in [0.29, 0.717) is 17.0 Å². The molecule has 1 aromatic rings. The number of hydrogen-bond donors (Lipinski definition) is 0. The van der Waals surface area contributed by atoms with E-state index < -0.39 is 0 Å². The second-order valence-electron chi connectivity index (χ2n) is 4.40. The van der Waals surface area contributed by atoms with E-state index in [1.54, 1.807) is 0 Å². The molecule has 0 spiro atoms. The van der Waals surface area contributed by atoms with E-state index in [4.69, 9.17) is 11.6 Å². The van der Waals surface area contributed by atoms with Crippen molar-refractivity contribution in [2.45, 2.75) is 39.0 Å². The summed E-state index contributed by atoms with van der Waals surface area (Å²) in [6, 6.07) is 1.91. The minimum absolute atomic E-state index is 0.584. The van der Waals surface area contributed by atoms with Crippen molar-refractivity contribution in [2.75, 3.05) is 0 Å². The lowest BCUT2D eigenvalue weighted by Gasteiger charge is -2.05. The summed E-state index contributed by atoms with van der Waals surface area (Å²) < 4.78 is 0. The molecule has 0 unspecified atom stereocenters. The smallest absolute Gasteiger partial charge is 0.133 e. The van der Waals surface area contributed by atoms with Crippen molar-refractivity contribution >= 4 is 11.6 Å². The van der Waals surface area contributed by atoms with Crippen LogP contribution in [0.5, 0.6) is 0 Å². The van der Waals surface area contributed by atoms with Gasteiger partial charge in [-0.3, -0.25) is 0 Å². The van der Waals surface area contributed by atoms with Crippen molar-refractivity contribution in [3.63, 3.8) is 0 Å². The fourth-order valence-electron chi connectivity index (χ4n) is 1.53. The van der Waals surface area contributed by atoms with Crippen molar-refractivity contribution in [3.8, 4) is 0 Å². The van der Waals surface area contributed by atoms with Crippen LogP contribution in [-0.4, -0.2) is 9.97 Å². The van der Waals surface area contributed by atoms with Crippen LogP contribution < -0.4 is 0 Å². The van der Waals surface area contributed by atoms with Crippen molar-refractivity contribution in [1.82, 2.24) is 9.97 Å². The zero-order chi connectivity index (χ0) is 10.1. The van der Waals surface area contributed by atoms with E-state index in [0.717, 1.165) is 17.9 Å². The Morgan fingerprint density at radius 3 is 2.71 bits per heavy atom. The minimum atomic E-state index is 0.584. The van der Waals surface area contributed by atoms with Crippen LogP contribution in [0.15, 0.2) is 6.07 Å². The predicted octanol–water partition coefficient (Wildman–Crippen LogP) is 3.21. The summed E-state index contributed by atoms with van der Waals surface area (Å²) in [6.45, 7) is 4.34. The molecule has 14 heavy (non-hydrogen) atoms. The van der Waals surface area contributed by atoms with Crippen molar-refractivity contribution in [1.29, 1.82) is 0 Å². The van der Waals surface area contributed by atoms with Crippen LogP contribution in [-0.2, 0) is 6.42 Å². The van der Waals surface area contributed by atoms with Gasteiger partial charge in [0.15, 0.2) is 0 Å². The van der Waals surface area contributed by atoms with Gasteiger partial charge in [-0.25, -0.2) is 9.97 Å². The third-order valence-electron chi connectivity index (χ3n) is 2.35. The Morgan fingerprint density at radius 1 is 1.43 bits per heavy atom. The molecule has 1 fully saturated rings. The van der Waals surface area contributed by atoms with Gasteiger partial charge in [0.25, 0.3) is 0 Å². The fraction of sp³-hybridized carbons (Fsp3) is 0.636. The average Bonchev–Trinajstić information content (AvgIpc) is 2.82. The molecule has 1 heterocycles. The summed E-state index contributed by atoms with van der Waals surface area (Å²) in [5.41, 5.74) is 1.14. The Bertz CT molecular complexity index is 332. The van der Waals surface area contributed by atoms with E-state index >= 15 is 0 Å². The molecule has 0 aromatic carbocycles.